The smallest absolute Gasteiger partial charge is 0.133 e. The van der Waals surface area contributed by atoms with Crippen LogP contribution >= 0.6 is 0 Å². The molecular weight excluding hydrogens is 508 g/mol. The third kappa shape index (κ3) is 4.70. The number of nitrogens with one attached hydrogen (secondary N) is 1. The van der Waals surface area contributed by atoms with E-state index in [2.05, 4.69) is 102 Å². The summed E-state index contributed by atoms with van der Waals surface area (Å²) >= 11 is 0. The third-order valence-electron chi connectivity index (χ3n) is 10.6. The molecule has 212 valence electrons. The molecule has 0 fully saturated rings. The first-order valence-electron chi connectivity index (χ1n) is 16.5. The van der Waals surface area contributed by atoms with E-state index in [0.29, 0.717) is 17.8 Å². The van der Waals surface area contributed by atoms with Crippen molar-refractivity contribution in [3.05, 3.63) is 131 Å². The van der Waals surface area contributed by atoms with Crippen LogP contribution in [0.15, 0.2) is 125 Å². The highest BCUT2D eigenvalue weighted by molar-refractivity contribution is 6.07. The molecular formula is C40H42N2. The topological polar surface area (TPSA) is 24.4 Å². The molecule has 0 aromatic heterocycles. The molecule has 1 aliphatic heterocycles. The highest BCUT2D eigenvalue weighted by Crippen LogP contribution is 2.49. The summed E-state index contributed by atoms with van der Waals surface area (Å²) in [6, 6.07) is 9.18. The lowest BCUT2D eigenvalue weighted by Gasteiger charge is -2.41. The van der Waals surface area contributed by atoms with E-state index in [1.807, 2.05) is 0 Å². The first-order valence-corrected chi connectivity index (χ1v) is 16.5. The standard InChI is InChI=1S/C40H42N2/c1-3-11-27(12-4-1)28-19-21-29(22-20-28)30-23-25-32(26-24-30)40-41-38(31-13-5-2-6-14-31)37-35-17-9-7-15-33(35)34-16-8-10-18-36(34)39(37)42-40/h3,7-11,13,15-17,19,21-23,25-28,30,36,39H,1-2,4-6,12,14,18,20,24H2,(H,41,42). The molecule has 0 radical (unpaired) electrons. The fourth-order valence-electron chi connectivity index (χ4n) is 8.31. The third-order valence-corrected chi connectivity index (χ3v) is 10.6. The normalized spacial score (nSPS) is 31.5. The molecule has 2 nitrogen and oxygen atoms in total. The largest absolute Gasteiger partial charge is 0.340 e. The molecule has 7 aliphatic rings. The van der Waals surface area contributed by atoms with Crippen molar-refractivity contribution in [2.75, 3.05) is 0 Å². The Kier molecular flexibility index (Phi) is 6.94. The van der Waals surface area contributed by atoms with Crippen LogP contribution in [-0.2, 0) is 0 Å². The van der Waals surface area contributed by atoms with Gasteiger partial charge in [-0.2, -0.15) is 0 Å². The second-order valence-corrected chi connectivity index (χ2v) is 13.1. The summed E-state index contributed by atoms with van der Waals surface area (Å²) in [6.07, 6.45) is 41.0. The van der Waals surface area contributed by atoms with Gasteiger partial charge in [0.15, 0.2) is 0 Å². The van der Waals surface area contributed by atoms with Crippen LogP contribution in [0.3, 0.4) is 0 Å². The minimum Gasteiger partial charge on any atom is -0.340 e. The number of allylic oxidation sites excluding steroid dienone is 13. The van der Waals surface area contributed by atoms with Gasteiger partial charge in [0, 0.05) is 28.7 Å². The molecule has 1 N–H and O–H groups in total. The van der Waals surface area contributed by atoms with Gasteiger partial charge in [0.2, 0.25) is 0 Å². The summed E-state index contributed by atoms with van der Waals surface area (Å²) in [5.41, 5.74) is 11.2. The Morgan fingerprint density at radius 2 is 1.74 bits per heavy atom. The van der Waals surface area contributed by atoms with Gasteiger partial charge in [-0.15, -0.1) is 0 Å². The summed E-state index contributed by atoms with van der Waals surface area (Å²) in [7, 11) is 0. The number of aliphatic imine (C=N–C) groups is 1. The van der Waals surface area contributed by atoms with Gasteiger partial charge in [0.05, 0.1) is 6.04 Å². The lowest BCUT2D eigenvalue weighted by Crippen LogP contribution is -2.40. The number of hydrogen-bond acceptors (Lipinski definition) is 2. The first-order chi connectivity index (χ1) is 20.8. The number of fused-ring (bicyclic) bond motifs is 6. The predicted octanol–water partition coefficient (Wildman–Crippen LogP) is 9.60. The van der Waals surface area contributed by atoms with Crippen molar-refractivity contribution in [1.82, 2.24) is 5.32 Å². The Balaban J connectivity index is 1.08. The van der Waals surface area contributed by atoms with E-state index in [1.54, 1.807) is 0 Å². The highest BCUT2D eigenvalue weighted by Gasteiger charge is 2.40. The number of hydrogen-bond donors (Lipinski definition) is 1. The Morgan fingerprint density at radius 3 is 2.52 bits per heavy atom. The Morgan fingerprint density at radius 1 is 0.786 bits per heavy atom. The second-order valence-electron chi connectivity index (χ2n) is 13.1. The van der Waals surface area contributed by atoms with Gasteiger partial charge in [0.25, 0.3) is 0 Å². The minimum atomic E-state index is 0.145. The zero-order chi connectivity index (χ0) is 27.9. The van der Waals surface area contributed by atoms with Crippen LogP contribution in [0.5, 0.6) is 0 Å². The molecule has 8 rings (SSSR count). The van der Waals surface area contributed by atoms with E-state index in [1.165, 1.54) is 89.6 Å². The zero-order valence-corrected chi connectivity index (χ0v) is 24.6. The van der Waals surface area contributed by atoms with Gasteiger partial charge in [0.1, 0.15) is 5.84 Å². The number of nitrogens with zero attached hydrogens (tertiary/aromatic N) is 1. The molecule has 0 amide bonds. The van der Waals surface area contributed by atoms with E-state index in [4.69, 9.17) is 4.99 Å². The van der Waals surface area contributed by atoms with Crippen LogP contribution in [-0.4, -0.2) is 11.9 Å². The number of rotatable bonds is 4. The maximum atomic E-state index is 5.55. The minimum absolute atomic E-state index is 0.145. The van der Waals surface area contributed by atoms with Crippen LogP contribution in [0.2, 0.25) is 0 Å². The molecule has 1 aromatic rings. The summed E-state index contributed by atoms with van der Waals surface area (Å²) in [5.74, 6) is 3.31. The molecule has 6 aliphatic carbocycles. The fourth-order valence-corrected chi connectivity index (χ4v) is 8.31. The van der Waals surface area contributed by atoms with Crippen LogP contribution in [0, 0.1) is 23.7 Å². The van der Waals surface area contributed by atoms with E-state index >= 15 is 0 Å². The van der Waals surface area contributed by atoms with E-state index in [0.717, 1.165) is 31.0 Å². The molecule has 5 atom stereocenters. The van der Waals surface area contributed by atoms with Crippen LogP contribution in [0.1, 0.15) is 75.3 Å². The zero-order valence-electron chi connectivity index (χ0n) is 24.6. The number of amidine groups is 1. The molecule has 0 spiro atoms. The predicted molar refractivity (Wildman–Crippen MR) is 177 cm³/mol. The van der Waals surface area contributed by atoms with Crippen LogP contribution in [0.4, 0.5) is 0 Å². The molecule has 42 heavy (non-hydrogen) atoms. The summed E-state index contributed by atoms with van der Waals surface area (Å²) in [4.78, 5) is 5.55. The van der Waals surface area contributed by atoms with Gasteiger partial charge in [-0.25, -0.2) is 0 Å². The second kappa shape index (κ2) is 11.2. The van der Waals surface area contributed by atoms with Crippen molar-refractivity contribution in [3.63, 3.8) is 0 Å². The van der Waals surface area contributed by atoms with E-state index < -0.39 is 0 Å². The Hall–Kier alpha value is -3.65. The molecule has 1 heterocycles. The van der Waals surface area contributed by atoms with E-state index in [9.17, 15) is 0 Å². The highest BCUT2D eigenvalue weighted by atomic mass is 15.1. The SMILES string of the molecule is C1=CCC2C(=C1)c1ccccc1C1=C(C3=CCCCC3)NC(C3=CCC(C4=CCC(C5C=CCCC5)C=C4)C=C3)=NC12. The average Bonchev–Trinajstić information content (AvgIpc) is 3.09. The van der Waals surface area contributed by atoms with Crippen molar-refractivity contribution in [3.8, 4) is 0 Å². The lowest BCUT2D eigenvalue weighted by atomic mass is 9.69. The average molecular weight is 551 g/mol. The van der Waals surface area contributed by atoms with Crippen LogP contribution < -0.4 is 5.32 Å². The molecule has 0 bridgehead atoms. The number of benzene rings is 1. The van der Waals surface area contributed by atoms with Crippen molar-refractivity contribution >= 4 is 17.0 Å². The van der Waals surface area contributed by atoms with Crippen molar-refractivity contribution in [2.24, 2.45) is 28.7 Å². The van der Waals surface area contributed by atoms with E-state index in [-0.39, 0.29) is 6.04 Å². The van der Waals surface area contributed by atoms with Gasteiger partial charge in [-0.3, -0.25) is 4.99 Å². The van der Waals surface area contributed by atoms with Crippen molar-refractivity contribution in [2.45, 2.75) is 70.3 Å². The summed E-state index contributed by atoms with van der Waals surface area (Å²) in [6.45, 7) is 0. The Bertz CT molecular complexity index is 1580. The van der Waals surface area contributed by atoms with Crippen molar-refractivity contribution < 1.29 is 0 Å². The maximum absolute atomic E-state index is 5.55. The Labute approximate surface area is 251 Å². The summed E-state index contributed by atoms with van der Waals surface area (Å²) in [5, 5.41) is 3.93. The molecule has 5 unspecified atom stereocenters. The quantitative estimate of drug-likeness (QED) is 0.371. The lowest BCUT2D eigenvalue weighted by molar-refractivity contribution is 0.419. The van der Waals surface area contributed by atoms with Crippen LogP contribution in [0.25, 0.3) is 11.1 Å². The van der Waals surface area contributed by atoms with Gasteiger partial charge < -0.3 is 5.32 Å². The fraction of sp³-hybridized carbons (Fsp3) is 0.375. The molecule has 2 heteroatoms. The monoisotopic (exact) mass is 550 g/mol. The first kappa shape index (κ1) is 26.0. The van der Waals surface area contributed by atoms with Gasteiger partial charge >= 0.3 is 0 Å². The van der Waals surface area contributed by atoms with Crippen molar-refractivity contribution in [1.29, 1.82) is 0 Å². The summed E-state index contributed by atoms with van der Waals surface area (Å²) < 4.78 is 0. The molecule has 0 saturated heterocycles. The van der Waals surface area contributed by atoms with Gasteiger partial charge in [-0.1, -0.05) is 97.2 Å². The maximum Gasteiger partial charge on any atom is 0.133 e. The molecule has 0 saturated carbocycles. The van der Waals surface area contributed by atoms with Gasteiger partial charge in [-0.05, 0) is 104 Å². The molecule has 1 aromatic carbocycles.